The van der Waals surface area contributed by atoms with Crippen LogP contribution in [0.3, 0.4) is 0 Å². The molecule has 0 aliphatic rings. The quantitative estimate of drug-likeness (QED) is 0.494. The molecule has 3 aromatic carbocycles. The first-order valence-electron chi connectivity index (χ1n) is 8.69. The summed E-state index contributed by atoms with van der Waals surface area (Å²) in [5.74, 6) is 1.93. The van der Waals surface area contributed by atoms with E-state index in [-0.39, 0.29) is 12.4 Å². The maximum absolute atomic E-state index is 14.2. The number of benzene rings is 3. The van der Waals surface area contributed by atoms with Gasteiger partial charge in [0.25, 0.3) is 0 Å². The van der Waals surface area contributed by atoms with E-state index in [2.05, 4.69) is 4.98 Å². The Morgan fingerprint density at radius 2 is 1.70 bits per heavy atom. The van der Waals surface area contributed by atoms with Gasteiger partial charge in [-0.1, -0.05) is 36.4 Å². The van der Waals surface area contributed by atoms with Crippen molar-refractivity contribution >= 4 is 11.0 Å². The van der Waals surface area contributed by atoms with E-state index in [1.54, 1.807) is 19.2 Å². The van der Waals surface area contributed by atoms with Gasteiger partial charge in [-0.05, 0) is 30.3 Å². The zero-order chi connectivity index (χ0) is 18.6. The van der Waals surface area contributed by atoms with Crippen LogP contribution < -0.4 is 9.47 Å². The number of aromatic nitrogens is 2. The first kappa shape index (κ1) is 17.1. The molecule has 0 aliphatic heterocycles. The highest BCUT2D eigenvalue weighted by Crippen LogP contribution is 2.23. The molecule has 0 spiro atoms. The number of rotatable bonds is 6. The molecule has 0 saturated heterocycles. The maximum Gasteiger partial charge on any atom is 0.148 e. The van der Waals surface area contributed by atoms with Crippen LogP contribution in [0, 0.1) is 5.82 Å². The smallest absolute Gasteiger partial charge is 0.148 e. The number of ether oxygens (including phenoxy) is 2. The van der Waals surface area contributed by atoms with Crippen molar-refractivity contribution in [3.8, 4) is 11.5 Å². The molecule has 0 radical (unpaired) electrons. The Hall–Kier alpha value is -3.34. The summed E-state index contributed by atoms with van der Waals surface area (Å²) in [5.41, 5.74) is 2.42. The van der Waals surface area contributed by atoms with Crippen molar-refractivity contribution in [3.05, 3.63) is 90.0 Å². The molecule has 1 aromatic heterocycles. The number of nitrogens with zero attached hydrogens (tertiary/aromatic N) is 2. The Morgan fingerprint density at radius 3 is 2.56 bits per heavy atom. The Morgan fingerprint density at radius 1 is 0.926 bits per heavy atom. The summed E-state index contributed by atoms with van der Waals surface area (Å²) in [6, 6.07) is 22.0. The van der Waals surface area contributed by atoms with Gasteiger partial charge >= 0.3 is 0 Å². The number of hydrogen-bond acceptors (Lipinski definition) is 3. The van der Waals surface area contributed by atoms with Gasteiger partial charge < -0.3 is 14.0 Å². The molecular formula is C22H19FN2O2. The molecule has 4 aromatic rings. The largest absolute Gasteiger partial charge is 0.497 e. The summed E-state index contributed by atoms with van der Waals surface area (Å²) < 4.78 is 27.3. The molecule has 27 heavy (non-hydrogen) atoms. The zero-order valence-electron chi connectivity index (χ0n) is 14.9. The third-order valence-electron chi connectivity index (χ3n) is 4.43. The molecule has 4 rings (SSSR count). The number of halogens is 1. The van der Waals surface area contributed by atoms with E-state index in [1.165, 1.54) is 6.07 Å². The fraction of sp³-hybridized carbons (Fsp3) is 0.136. The van der Waals surface area contributed by atoms with Gasteiger partial charge in [0, 0.05) is 11.6 Å². The van der Waals surface area contributed by atoms with E-state index < -0.39 is 0 Å². The first-order chi connectivity index (χ1) is 13.2. The highest BCUT2D eigenvalue weighted by molar-refractivity contribution is 5.76. The van der Waals surface area contributed by atoms with Crippen LogP contribution in [0.2, 0.25) is 0 Å². The van der Waals surface area contributed by atoms with Crippen LogP contribution in [0.4, 0.5) is 4.39 Å². The molecule has 0 fully saturated rings. The minimum Gasteiger partial charge on any atom is -0.497 e. The van der Waals surface area contributed by atoms with Crippen molar-refractivity contribution in [2.75, 3.05) is 7.11 Å². The minimum absolute atomic E-state index is 0.227. The van der Waals surface area contributed by atoms with E-state index in [9.17, 15) is 4.39 Å². The monoisotopic (exact) mass is 362 g/mol. The van der Waals surface area contributed by atoms with Crippen molar-refractivity contribution in [1.29, 1.82) is 0 Å². The van der Waals surface area contributed by atoms with Gasteiger partial charge in [0.1, 0.15) is 29.7 Å². The van der Waals surface area contributed by atoms with Gasteiger partial charge in [0.2, 0.25) is 0 Å². The molecule has 0 amide bonds. The predicted molar refractivity (Wildman–Crippen MR) is 103 cm³/mol. The normalized spacial score (nSPS) is 10.9. The molecule has 0 N–H and O–H groups in total. The number of fused-ring (bicyclic) bond motifs is 1. The van der Waals surface area contributed by atoms with Crippen LogP contribution in [0.1, 0.15) is 11.4 Å². The summed E-state index contributed by atoms with van der Waals surface area (Å²) >= 11 is 0. The summed E-state index contributed by atoms with van der Waals surface area (Å²) in [6.45, 7) is 0.667. The van der Waals surface area contributed by atoms with E-state index in [1.807, 2.05) is 59.2 Å². The lowest BCUT2D eigenvalue weighted by Crippen LogP contribution is -2.09. The molecule has 0 saturated carbocycles. The van der Waals surface area contributed by atoms with E-state index >= 15 is 0 Å². The standard InChI is InChI=1S/C22H19FN2O2/c1-26-17-8-6-9-18(13-17)27-15-22-24-20-11-4-5-12-21(20)25(22)14-16-7-2-3-10-19(16)23/h2-13H,14-15H2,1H3. The van der Waals surface area contributed by atoms with Crippen molar-refractivity contribution in [3.63, 3.8) is 0 Å². The Balaban J connectivity index is 1.66. The van der Waals surface area contributed by atoms with Crippen LogP contribution >= 0.6 is 0 Å². The third kappa shape index (κ3) is 3.62. The third-order valence-corrected chi connectivity index (χ3v) is 4.43. The van der Waals surface area contributed by atoms with Crippen molar-refractivity contribution in [2.24, 2.45) is 0 Å². The summed E-state index contributed by atoms with van der Waals surface area (Å²) in [6.07, 6.45) is 0. The van der Waals surface area contributed by atoms with Gasteiger partial charge in [-0.25, -0.2) is 9.37 Å². The fourth-order valence-electron chi connectivity index (χ4n) is 3.05. The molecule has 0 unspecified atom stereocenters. The molecule has 0 atom stereocenters. The van der Waals surface area contributed by atoms with Crippen LogP contribution in [-0.2, 0) is 13.2 Å². The summed E-state index contributed by atoms with van der Waals surface area (Å²) in [5, 5.41) is 0. The van der Waals surface area contributed by atoms with Crippen molar-refractivity contribution in [1.82, 2.24) is 9.55 Å². The SMILES string of the molecule is COc1cccc(OCc2nc3ccccc3n2Cc2ccccc2F)c1. The van der Waals surface area contributed by atoms with E-state index in [0.717, 1.165) is 22.6 Å². The first-order valence-corrected chi connectivity index (χ1v) is 8.69. The molecule has 1 heterocycles. The molecule has 5 heteroatoms. The zero-order valence-corrected chi connectivity index (χ0v) is 14.9. The molecule has 0 bridgehead atoms. The average molecular weight is 362 g/mol. The van der Waals surface area contributed by atoms with Gasteiger partial charge in [-0.2, -0.15) is 0 Å². The molecule has 4 nitrogen and oxygen atoms in total. The van der Waals surface area contributed by atoms with Crippen LogP contribution in [0.15, 0.2) is 72.8 Å². The number of para-hydroxylation sites is 2. The van der Waals surface area contributed by atoms with E-state index in [0.29, 0.717) is 17.9 Å². The lowest BCUT2D eigenvalue weighted by molar-refractivity contribution is 0.289. The Bertz CT molecular complexity index is 1070. The molecular weight excluding hydrogens is 343 g/mol. The predicted octanol–water partition coefficient (Wildman–Crippen LogP) is 4.81. The number of methoxy groups -OCH3 is 1. The van der Waals surface area contributed by atoms with Gasteiger partial charge in [-0.15, -0.1) is 0 Å². The van der Waals surface area contributed by atoms with Gasteiger partial charge in [0.15, 0.2) is 0 Å². The number of imidazole rings is 1. The molecule has 136 valence electrons. The van der Waals surface area contributed by atoms with Gasteiger partial charge in [-0.3, -0.25) is 0 Å². The topological polar surface area (TPSA) is 36.3 Å². The Kier molecular flexibility index (Phi) is 4.75. The summed E-state index contributed by atoms with van der Waals surface area (Å²) in [7, 11) is 1.62. The highest BCUT2D eigenvalue weighted by Gasteiger charge is 2.13. The van der Waals surface area contributed by atoms with Crippen LogP contribution in [-0.4, -0.2) is 16.7 Å². The highest BCUT2D eigenvalue weighted by atomic mass is 19.1. The number of hydrogen-bond donors (Lipinski definition) is 0. The lowest BCUT2D eigenvalue weighted by atomic mass is 10.2. The lowest BCUT2D eigenvalue weighted by Gasteiger charge is -2.12. The van der Waals surface area contributed by atoms with Crippen molar-refractivity contribution < 1.29 is 13.9 Å². The Labute approximate surface area is 156 Å². The second kappa shape index (κ2) is 7.50. The minimum atomic E-state index is -0.227. The second-order valence-electron chi connectivity index (χ2n) is 6.16. The average Bonchev–Trinajstić information content (AvgIpc) is 3.06. The van der Waals surface area contributed by atoms with Crippen LogP contribution in [0.5, 0.6) is 11.5 Å². The summed E-state index contributed by atoms with van der Waals surface area (Å²) in [4.78, 5) is 4.68. The van der Waals surface area contributed by atoms with Gasteiger partial charge in [0.05, 0.1) is 24.7 Å². The second-order valence-corrected chi connectivity index (χ2v) is 6.16. The molecule has 0 aliphatic carbocycles. The maximum atomic E-state index is 14.2. The van der Waals surface area contributed by atoms with E-state index in [4.69, 9.17) is 9.47 Å². The fourth-order valence-corrected chi connectivity index (χ4v) is 3.05. The van der Waals surface area contributed by atoms with Crippen molar-refractivity contribution in [2.45, 2.75) is 13.2 Å². The van der Waals surface area contributed by atoms with Crippen LogP contribution in [0.25, 0.3) is 11.0 Å².